The van der Waals surface area contributed by atoms with Gasteiger partial charge in [0, 0.05) is 11.6 Å². The van der Waals surface area contributed by atoms with Gasteiger partial charge in [-0.15, -0.1) is 0 Å². The number of phenolic OH excluding ortho intramolecular Hbond substituents is 2. The summed E-state index contributed by atoms with van der Waals surface area (Å²) >= 11 is 0. The van der Waals surface area contributed by atoms with E-state index >= 15 is 0 Å². The van der Waals surface area contributed by atoms with Gasteiger partial charge in [-0.2, -0.15) is 0 Å². The molecule has 0 unspecified atom stereocenters. The predicted octanol–water partition coefficient (Wildman–Crippen LogP) is 4.57. The molecule has 2 N–H and O–H groups in total. The first-order valence-corrected chi connectivity index (χ1v) is 7.19. The molecule has 0 heterocycles. The third kappa shape index (κ3) is 3.82. The summed E-state index contributed by atoms with van der Waals surface area (Å²) in [5.41, 5.74) is 2.90. The minimum absolute atomic E-state index is 0.0154. The molecule has 22 heavy (non-hydrogen) atoms. The first kappa shape index (κ1) is 16.0. The Balaban J connectivity index is 2.35. The van der Waals surface area contributed by atoms with E-state index in [0.29, 0.717) is 0 Å². The zero-order valence-corrected chi connectivity index (χ0v) is 13.4. The second-order valence-corrected chi connectivity index (χ2v) is 6.33. The van der Waals surface area contributed by atoms with Crippen LogP contribution in [0.2, 0.25) is 0 Å². The highest BCUT2D eigenvalue weighted by Gasteiger charge is 2.18. The topological polar surface area (TPSA) is 49.7 Å². The third-order valence-corrected chi connectivity index (χ3v) is 3.42. The highest BCUT2D eigenvalue weighted by molar-refractivity contribution is 5.71. The minimum atomic E-state index is -0.0154. The maximum absolute atomic E-state index is 9.50. The number of phenols is 2. The standard InChI is InChI=1S/C19H22O3/c1-19(2,3)17-11-13(7-8-18(17)22-4)5-6-14-9-15(20)12-16(21)10-14/h5-12,20-21H,1-4H3/b6-5+. The summed E-state index contributed by atoms with van der Waals surface area (Å²) < 4.78 is 5.43. The van der Waals surface area contributed by atoms with Crippen molar-refractivity contribution in [1.82, 2.24) is 0 Å². The Hall–Kier alpha value is -2.42. The molecule has 0 atom stereocenters. The lowest BCUT2D eigenvalue weighted by molar-refractivity contribution is 0.397. The van der Waals surface area contributed by atoms with Crippen LogP contribution in [0.1, 0.15) is 37.5 Å². The van der Waals surface area contributed by atoms with Gasteiger partial charge < -0.3 is 14.9 Å². The highest BCUT2D eigenvalue weighted by atomic mass is 16.5. The molecule has 0 saturated heterocycles. The quantitative estimate of drug-likeness (QED) is 0.816. The van der Waals surface area contributed by atoms with Crippen LogP contribution in [0.3, 0.4) is 0 Å². The van der Waals surface area contributed by atoms with Crippen molar-refractivity contribution in [2.75, 3.05) is 7.11 Å². The molecule has 0 aromatic heterocycles. The summed E-state index contributed by atoms with van der Waals surface area (Å²) in [4.78, 5) is 0. The van der Waals surface area contributed by atoms with E-state index in [0.717, 1.165) is 22.4 Å². The summed E-state index contributed by atoms with van der Waals surface area (Å²) in [6.07, 6.45) is 3.80. The second-order valence-electron chi connectivity index (χ2n) is 6.33. The van der Waals surface area contributed by atoms with Crippen LogP contribution in [-0.4, -0.2) is 17.3 Å². The number of rotatable bonds is 3. The van der Waals surface area contributed by atoms with Crippen molar-refractivity contribution >= 4 is 12.2 Å². The molecule has 0 radical (unpaired) electrons. The van der Waals surface area contributed by atoms with Crippen molar-refractivity contribution in [3.05, 3.63) is 53.1 Å². The molecule has 2 aromatic carbocycles. The van der Waals surface area contributed by atoms with Gasteiger partial charge in [-0.05, 0) is 40.8 Å². The first-order chi connectivity index (χ1) is 10.3. The molecule has 3 heteroatoms. The van der Waals surface area contributed by atoms with Gasteiger partial charge in [0.15, 0.2) is 0 Å². The third-order valence-electron chi connectivity index (χ3n) is 3.42. The van der Waals surface area contributed by atoms with Crippen LogP contribution in [-0.2, 0) is 5.41 Å². The van der Waals surface area contributed by atoms with Crippen molar-refractivity contribution in [3.63, 3.8) is 0 Å². The Bertz CT molecular complexity index is 674. The van der Waals surface area contributed by atoms with Crippen LogP contribution >= 0.6 is 0 Å². The lowest BCUT2D eigenvalue weighted by Gasteiger charge is -2.22. The maximum Gasteiger partial charge on any atom is 0.122 e. The number of hydrogen-bond donors (Lipinski definition) is 2. The fraction of sp³-hybridized carbons (Fsp3) is 0.263. The highest BCUT2D eigenvalue weighted by Crippen LogP contribution is 2.32. The molecule has 3 nitrogen and oxygen atoms in total. The molecule has 0 fully saturated rings. The maximum atomic E-state index is 9.50. The van der Waals surface area contributed by atoms with E-state index in [2.05, 4.69) is 26.8 Å². The van der Waals surface area contributed by atoms with Gasteiger partial charge in [0.05, 0.1) is 7.11 Å². The van der Waals surface area contributed by atoms with E-state index in [-0.39, 0.29) is 16.9 Å². The molecule has 0 aliphatic heterocycles. The molecule has 0 aliphatic rings. The lowest BCUT2D eigenvalue weighted by Crippen LogP contribution is -2.12. The summed E-state index contributed by atoms with van der Waals surface area (Å²) in [5, 5.41) is 19.0. The van der Waals surface area contributed by atoms with Gasteiger partial charge in [0.2, 0.25) is 0 Å². The van der Waals surface area contributed by atoms with Crippen LogP contribution < -0.4 is 4.74 Å². The van der Waals surface area contributed by atoms with Crippen LogP contribution in [0.4, 0.5) is 0 Å². The molecule has 0 bridgehead atoms. The fourth-order valence-corrected chi connectivity index (χ4v) is 2.32. The fourth-order valence-electron chi connectivity index (χ4n) is 2.32. The number of ether oxygens (including phenoxy) is 1. The van der Waals surface area contributed by atoms with E-state index in [1.807, 2.05) is 24.3 Å². The Morgan fingerprint density at radius 1 is 0.864 bits per heavy atom. The largest absolute Gasteiger partial charge is 0.508 e. The Kier molecular flexibility index (Phi) is 4.45. The number of benzene rings is 2. The van der Waals surface area contributed by atoms with Gasteiger partial charge in [-0.3, -0.25) is 0 Å². The van der Waals surface area contributed by atoms with Gasteiger partial charge in [-0.25, -0.2) is 0 Å². The number of methoxy groups -OCH3 is 1. The molecule has 2 aromatic rings. The molecule has 0 amide bonds. The molecular formula is C19H22O3. The molecule has 0 aliphatic carbocycles. The molecular weight excluding hydrogens is 276 g/mol. The van der Waals surface area contributed by atoms with Gasteiger partial charge in [0.1, 0.15) is 17.2 Å². The number of aromatic hydroxyl groups is 2. The van der Waals surface area contributed by atoms with Crippen molar-refractivity contribution in [2.24, 2.45) is 0 Å². The van der Waals surface area contributed by atoms with Crippen molar-refractivity contribution < 1.29 is 14.9 Å². The first-order valence-electron chi connectivity index (χ1n) is 7.19. The zero-order chi connectivity index (χ0) is 16.3. The van der Waals surface area contributed by atoms with Gasteiger partial charge >= 0.3 is 0 Å². The normalized spacial score (nSPS) is 11.8. The average molecular weight is 298 g/mol. The lowest BCUT2D eigenvalue weighted by atomic mass is 9.85. The zero-order valence-electron chi connectivity index (χ0n) is 13.4. The van der Waals surface area contributed by atoms with E-state index in [1.165, 1.54) is 6.07 Å². The smallest absolute Gasteiger partial charge is 0.122 e. The summed E-state index contributed by atoms with van der Waals surface area (Å²) in [6, 6.07) is 10.5. The Morgan fingerprint density at radius 3 is 2.00 bits per heavy atom. The second kappa shape index (κ2) is 6.14. The Morgan fingerprint density at radius 2 is 1.45 bits per heavy atom. The van der Waals surface area contributed by atoms with E-state index in [1.54, 1.807) is 19.2 Å². The molecule has 0 saturated carbocycles. The SMILES string of the molecule is COc1ccc(/C=C/c2cc(O)cc(O)c2)cc1C(C)(C)C. The number of hydrogen-bond acceptors (Lipinski definition) is 3. The summed E-state index contributed by atoms with van der Waals surface area (Å²) in [6.45, 7) is 6.43. The summed E-state index contributed by atoms with van der Waals surface area (Å²) in [5.74, 6) is 0.967. The molecule has 116 valence electrons. The monoisotopic (exact) mass is 298 g/mol. The molecule has 0 spiro atoms. The van der Waals surface area contributed by atoms with Crippen molar-refractivity contribution in [3.8, 4) is 17.2 Å². The predicted molar refractivity (Wildman–Crippen MR) is 90.4 cm³/mol. The van der Waals surface area contributed by atoms with Crippen LogP contribution in [0.5, 0.6) is 17.2 Å². The van der Waals surface area contributed by atoms with Crippen LogP contribution in [0.25, 0.3) is 12.2 Å². The van der Waals surface area contributed by atoms with Crippen LogP contribution in [0, 0.1) is 0 Å². The van der Waals surface area contributed by atoms with Gasteiger partial charge in [-0.1, -0.05) is 39.0 Å². The van der Waals surface area contributed by atoms with Crippen LogP contribution in [0.15, 0.2) is 36.4 Å². The van der Waals surface area contributed by atoms with E-state index < -0.39 is 0 Å². The van der Waals surface area contributed by atoms with E-state index in [4.69, 9.17) is 4.74 Å². The minimum Gasteiger partial charge on any atom is -0.508 e. The van der Waals surface area contributed by atoms with Crippen molar-refractivity contribution in [1.29, 1.82) is 0 Å². The van der Waals surface area contributed by atoms with E-state index in [9.17, 15) is 10.2 Å². The van der Waals surface area contributed by atoms with Gasteiger partial charge in [0.25, 0.3) is 0 Å². The molecule has 2 rings (SSSR count). The average Bonchev–Trinajstić information content (AvgIpc) is 2.43. The van der Waals surface area contributed by atoms with Crippen molar-refractivity contribution in [2.45, 2.75) is 26.2 Å². The Labute approximate surface area is 131 Å². The summed E-state index contributed by atoms with van der Waals surface area (Å²) in [7, 11) is 1.68.